The summed E-state index contributed by atoms with van der Waals surface area (Å²) in [7, 11) is 1.92. The largest absolute Gasteiger partial charge is 0.486 e. The fourth-order valence-corrected chi connectivity index (χ4v) is 3.12. The van der Waals surface area contributed by atoms with Gasteiger partial charge in [0.2, 0.25) is 0 Å². The maximum absolute atomic E-state index is 12.7. The standard InChI is InChI=1S/C23H23N5O2/c1-17-4-3-5-18(14-17)15-28-21(10-11-25-28)26-23(29)19-6-8-20(9-7-19)30-16-22-24-12-13-27(22)2/h3-14H,15-16H2,1-2H3,(H,26,29). The molecule has 4 aromatic rings. The first-order valence-electron chi connectivity index (χ1n) is 9.66. The van der Waals surface area contributed by atoms with Crippen molar-refractivity contribution in [2.75, 3.05) is 5.32 Å². The molecular weight excluding hydrogens is 378 g/mol. The first-order valence-corrected chi connectivity index (χ1v) is 9.66. The maximum Gasteiger partial charge on any atom is 0.256 e. The molecule has 0 aliphatic heterocycles. The number of amides is 1. The molecule has 1 amide bonds. The first-order chi connectivity index (χ1) is 14.6. The Balaban J connectivity index is 1.38. The van der Waals surface area contributed by atoms with Gasteiger partial charge in [-0.15, -0.1) is 0 Å². The molecule has 0 unspecified atom stereocenters. The van der Waals surface area contributed by atoms with Gasteiger partial charge >= 0.3 is 0 Å². The van der Waals surface area contributed by atoms with Gasteiger partial charge in [0.1, 0.15) is 24.0 Å². The molecule has 2 aromatic heterocycles. The molecule has 0 bridgehead atoms. The van der Waals surface area contributed by atoms with Crippen LogP contribution in [0.1, 0.15) is 27.3 Å². The van der Waals surface area contributed by atoms with E-state index in [1.807, 2.05) is 29.9 Å². The van der Waals surface area contributed by atoms with Gasteiger partial charge in [0.05, 0.1) is 12.7 Å². The van der Waals surface area contributed by atoms with E-state index in [1.54, 1.807) is 47.4 Å². The number of ether oxygens (including phenoxy) is 1. The van der Waals surface area contributed by atoms with E-state index in [2.05, 4.69) is 34.5 Å². The lowest BCUT2D eigenvalue weighted by molar-refractivity contribution is 0.102. The van der Waals surface area contributed by atoms with E-state index in [9.17, 15) is 4.79 Å². The van der Waals surface area contributed by atoms with Gasteiger partial charge in [0.25, 0.3) is 5.91 Å². The summed E-state index contributed by atoms with van der Waals surface area (Å²) in [5, 5.41) is 7.26. The second kappa shape index (κ2) is 8.65. The molecule has 0 radical (unpaired) electrons. The molecule has 30 heavy (non-hydrogen) atoms. The minimum Gasteiger partial charge on any atom is -0.486 e. The zero-order valence-corrected chi connectivity index (χ0v) is 16.9. The Morgan fingerprint density at radius 2 is 1.93 bits per heavy atom. The number of imidazole rings is 1. The lowest BCUT2D eigenvalue weighted by Crippen LogP contribution is -2.16. The van der Waals surface area contributed by atoms with Crippen LogP contribution < -0.4 is 10.1 Å². The average molecular weight is 401 g/mol. The number of aryl methyl sites for hydroxylation is 2. The van der Waals surface area contributed by atoms with Crippen molar-refractivity contribution < 1.29 is 9.53 Å². The highest BCUT2D eigenvalue weighted by molar-refractivity contribution is 6.03. The molecule has 1 N–H and O–H groups in total. The number of hydrogen-bond donors (Lipinski definition) is 1. The number of nitrogens with one attached hydrogen (secondary N) is 1. The van der Waals surface area contributed by atoms with Gasteiger partial charge < -0.3 is 14.6 Å². The lowest BCUT2D eigenvalue weighted by Gasteiger charge is -2.10. The SMILES string of the molecule is Cc1cccc(Cn2nccc2NC(=O)c2ccc(OCc3nccn3C)cc2)c1. The van der Waals surface area contributed by atoms with Crippen LogP contribution in [0.25, 0.3) is 0 Å². The number of hydrogen-bond acceptors (Lipinski definition) is 4. The third-order valence-corrected chi connectivity index (χ3v) is 4.78. The minimum absolute atomic E-state index is 0.198. The van der Waals surface area contributed by atoms with E-state index in [1.165, 1.54) is 5.56 Å². The van der Waals surface area contributed by atoms with E-state index in [0.29, 0.717) is 30.3 Å². The summed E-state index contributed by atoms with van der Waals surface area (Å²) in [6.45, 7) is 3.01. The summed E-state index contributed by atoms with van der Waals surface area (Å²) in [5.74, 6) is 1.96. The smallest absolute Gasteiger partial charge is 0.256 e. The zero-order valence-electron chi connectivity index (χ0n) is 16.9. The van der Waals surface area contributed by atoms with Crippen molar-refractivity contribution in [3.63, 3.8) is 0 Å². The molecule has 2 heterocycles. The highest BCUT2D eigenvalue weighted by Gasteiger charge is 2.11. The lowest BCUT2D eigenvalue weighted by atomic mass is 10.1. The molecule has 0 aliphatic carbocycles. The van der Waals surface area contributed by atoms with E-state index in [-0.39, 0.29) is 5.91 Å². The fourth-order valence-electron chi connectivity index (χ4n) is 3.12. The summed E-state index contributed by atoms with van der Waals surface area (Å²) in [4.78, 5) is 16.9. The molecule has 0 fully saturated rings. The van der Waals surface area contributed by atoms with E-state index in [0.717, 1.165) is 11.4 Å². The molecular formula is C23H23N5O2. The van der Waals surface area contributed by atoms with Gasteiger partial charge in [0, 0.05) is 31.1 Å². The number of nitrogens with zero attached hydrogens (tertiary/aromatic N) is 4. The minimum atomic E-state index is -0.198. The average Bonchev–Trinajstić information content (AvgIpc) is 3.35. The van der Waals surface area contributed by atoms with Crippen molar-refractivity contribution in [3.05, 3.63) is 95.7 Å². The first kappa shape index (κ1) is 19.4. The number of rotatable bonds is 7. The molecule has 0 saturated heterocycles. The highest BCUT2D eigenvalue weighted by atomic mass is 16.5. The summed E-state index contributed by atoms with van der Waals surface area (Å²) in [6.07, 6.45) is 5.28. The number of aromatic nitrogens is 4. The van der Waals surface area contributed by atoms with Gasteiger partial charge in [-0.3, -0.25) is 4.79 Å². The molecule has 0 atom stereocenters. The van der Waals surface area contributed by atoms with E-state index < -0.39 is 0 Å². The molecule has 0 spiro atoms. The molecule has 2 aromatic carbocycles. The molecule has 0 saturated carbocycles. The monoisotopic (exact) mass is 401 g/mol. The van der Waals surface area contributed by atoms with Crippen LogP contribution in [0.3, 0.4) is 0 Å². The maximum atomic E-state index is 12.7. The van der Waals surface area contributed by atoms with Crippen LogP contribution in [-0.4, -0.2) is 25.2 Å². The Hall–Kier alpha value is -3.87. The van der Waals surface area contributed by atoms with Crippen molar-refractivity contribution in [3.8, 4) is 5.75 Å². The Kier molecular flexibility index (Phi) is 5.61. The number of carbonyl (C=O) groups excluding carboxylic acids is 1. The quantitative estimate of drug-likeness (QED) is 0.511. The van der Waals surface area contributed by atoms with Crippen LogP contribution in [-0.2, 0) is 20.2 Å². The van der Waals surface area contributed by atoms with Crippen molar-refractivity contribution >= 4 is 11.7 Å². The Morgan fingerprint density at radius 1 is 1.10 bits per heavy atom. The van der Waals surface area contributed by atoms with Crippen LogP contribution in [0.4, 0.5) is 5.82 Å². The Bertz CT molecular complexity index is 1140. The summed E-state index contributed by atoms with van der Waals surface area (Å²) in [6, 6.07) is 17.1. The van der Waals surface area contributed by atoms with Crippen LogP contribution in [0.15, 0.2) is 73.2 Å². The van der Waals surface area contributed by atoms with E-state index in [4.69, 9.17) is 4.74 Å². The summed E-state index contributed by atoms with van der Waals surface area (Å²) < 4.78 is 9.42. The van der Waals surface area contributed by atoms with Crippen molar-refractivity contribution in [1.82, 2.24) is 19.3 Å². The molecule has 152 valence electrons. The number of carbonyl (C=O) groups is 1. The predicted octanol–water partition coefficient (Wildman–Crippen LogP) is 3.80. The van der Waals surface area contributed by atoms with Crippen molar-refractivity contribution in [2.45, 2.75) is 20.1 Å². The Labute approximate surface area is 174 Å². The van der Waals surface area contributed by atoms with Gasteiger partial charge in [0.15, 0.2) is 0 Å². The van der Waals surface area contributed by atoms with Gasteiger partial charge in [-0.1, -0.05) is 29.8 Å². The van der Waals surface area contributed by atoms with Gasteiger partial charge in [-0.25, -0.2) is 9.67 Å². The number of benzene rings is 2. The second-order valence-corrected chi connectivity index (χ2v) is 7.08. The highest BCUT2D eigenvalue weighted by Crippen LogP contribution is 2.16. The summed E-state index contributed by atoms with van der Waals surface area (Å²) in [5.41, 5.74) is 2.86. The summed E-state index contributed by atoms with van der Waals surface area (Å²) >= 11 is 0. The second-order valence-electron chi connectivity index (χ2n) is 7.08. The van der Waals surface area contributed by atoms with Crippen LogP contribution in [0, 0.1) is 6.92 Å². The van der Waals surface area contributed by atoms with Crippen molar-refractivity contribution in [1.29, 1.82) is 0 Å². The topological polar surface area (TPSA) is 74.0 Å². The molecule has 7 nitrogen and oxygen atoms in total. The van der Waals surface area contributed by atoms with Gasteiger partial charge in [-0.2, -0.15) is 5.10 Å². The molecule has 0 aliphatic rings. The number of anilines is 1. The van der Waals surface area contributed by atoms with Crippen LogP contribution in [0.5, 0.6) is 5.75 Å². The van der Waals surface area contributed by atoms with Crippen LogP contribution >= 0.6 is 0 Å². The molecule has 7 heteroatoms. The predicted molar refractivity (Wildman–Crippen MR) is 114 cm³/mol. The third kappa shape index (κ3) is 4.57. The van der Waals surface area contributed by atoms with Crippen molar-refractivity contribution in [2.24, 2.45) is 7.05 Å². The zero-order chi connectivity index (χ0) is 20.9. The fraction of sp³-hybridized carbons (Fsp3) is 0.174. The normalized spacial score (nSPS) is 10.7. The third-order valence-electron chi connectivity index (χ3n) is 4.78. The Morgan fingerprint density at radius 3 is 2.67 bits per heavy atom. The van der Waals surface area contributed by atoms with Crippen LogP contribution in [0.2, 0.25) is 0 Å². The van der Waals surface area contributed by atoms with E-state index >= 15 is 0 Å². The van der Waals surface area contributed by atoms with Gasteiger partial charge in [-0.05, 0) is 36.8 Å². The molecule has 4 rings (SSSR count).